The number of hydrogen-bond acceptors (Lipinski definition) is 1. The van der Waals surface area contributed by atoms with Crippen LogP contribution >= 0.6 is 23.2 Å². The summed E-state index contributed by atoms with van der Waals surface area (Å²) in [6.07, 6.45) is 0. The van der Waals surface area contributed by atoms with E-state index in [1.807, 2.05) is 44.3 Å². The molecule has 0 N–H and O–H groups in total. The molecule has 0 unspecified atom stereocenters. The van der Waals surface area contributed by atoms with Gasteiger partial charge >= 0.3 is 0 Å². The molecule has 4 heteroatoms. The Morgan fingerprint density at radius 2 is 1.79 bits per heavy atom. The normalized spacial score (nSPS) is 11.9. The summed E-state index contributed by atoms with van der Waals surface area (Å²) in [5, 5.41) is 0. The zero-order valence-corrected chi connectivity index (χ0v) is 11.1. The molecule has 1 aromatic carbocycles. The summed E-state index contributed by atoms with van der Waals surface area (Å²) in [5.74, 6) is 0.885. The van der Waals surface area contributed by atoms with Gasteiger partial charge in [-0.3, -0.25) is 0 Å². The van der Waals surface area contributed by atoms with Crippen LogP contribution in [0.5, 0.6) is 5.75 Å². The lowest BCUT2D eigenvalue weighted by Gasteiger charge is -2.25. The minimum atomic E-state index is -2.02. The van der Waals surface area contributed by atoms with Crippen LogP contribution in [0.4, 0.5) is 0 Å². The molecule has 1 rings (SSSR count). The first-order chi connectivity index (χ1) is 6.43. The molecule has 0 aromatic heterocycles. The van der Waals surface area contributed by atoms with Crippen molar-refractivity contribution in [3.05, 3.63) is 29.8 Å². The minimum Gasteiger partial charge on any atom is -0.541 e. The molecule has 0 heterocycles. The second-order valence-corrected chi connectivity index (χ2v) is 9.59. The van der Waals surface area contributed by atoms with Crippen LogP contribution in [0.2, 0.25) is 13.1 Å². The molecule has 78 valence electrons. The summed E-state index contributed by atoms with van der Waals surface area (Å²) in [6.45, 7) is 6.02. The third kappa shape index (κ3) is 2.90. The highest BCUT2D eigenvalue weighted by Crippen LogP contribution is 2.25. The van der Waals surface area contributed by atoms with Gasteiger partial charge in [0.25, 0.3) is 8.32 Å². The Bertz CT molecular complexity index is 313. The summed E-state index contributed by atoms with van der Waals surface area (Å²) in [7, 11) is -2.02. The van der Waals surface area contributed by atoms with Gasteiger partial charge in [0.1, 0.15) is 10.2 Å². The Kier molecular flexibility index (Phi) is 3.87. The van der Waals surface area contributed by atoms with E-state index in [0.29, 0.717) is 0 Å². The van der Waals surface area contributed by atoms with Crippen molar-refractivity contribution in [3.63, 3.8) is 0 Å². The van der Waals surface area contributed by atoms with Crippen LogP contribution in [-0.4, -0.2) is 12.8 Å². The molecule has 0 aliphatic carbocycles. The molecule has 0 radical (unpaired) electrons. The highest BCUT2D eigenvalue weighted by Gasteiger charge is 2.33. The highest BCUT2D eigenvalue weighted by molar-refractivity contribution is 6.88. The second kappa shape index (κ2) is 4.56. The van der Waals surface area contributed by atoms with Gasteiger partial charge in [-0.1, -0.05) is 18.2 Å². The van der Waals surface area contributed by atoms with E-state index in [2.05, 4.69) is 0 Å². The van der Waals surface area contributed by atoms with Crippen molar-refractivity contribution in [1.82, 2.24) is 0 Å². The average Bonchev–Trinajstić information content (AvgIpc) is 2.08. The van der Waals surface area contributed by atoms with Crippen molar-refractivity contribution in [3.8, 4) is 5.75 Å². The third-order valence-electron chi connectivity index (χ3n) is 1.99. The molecule has 14 heavy (non-hydrogen) atoms. The fraction of sp³-hybridized carbons (Fsp3) is 0.400. The average molecular weight is 249 g/mol. The number of hydrogen-bond donors (Lipinski definition) is 0. The molecule has 0 amide bonds. The monoisotopic (exact) mass is 248 g/mol. The van der Waals surface area contributed by atoms with Crippen molar-refractivity contribution in [2.75, 3.05) is 0 Å². The van der Waals surface area contributed by atoms with Crippen molar-refractivity contribution in [2.24, 2.45) is 0 Å². The number of alkyl halides is 2. The van der Waals surface area contributed by atoms with Crippen molar-refractivity contribution >= 4 is 31.5 Å². The highest BCUT2D eigenvalue weighted by atomic mass is 35.5. The van der Waals surface area contributed by atoms with E-state index in [9.17, 15) is 0 Å². The largest absolute Gasteiger partial charge is 0.541 e. The smallest absolute Gasteiger partial charge is 0.277 e. The minimum absolute atomic E-state index is 0.415. The fourth-order valence-electron chi connectivity index (χ4n) is 0.999. The van der Waals surface area contributed by atoms with Crippen LogP contribution in [0.1, 0.15) is 5.56 Å². The third-order valence-corrected chi connectivity index (χ3v) is 6.94. The van der Waals surface area contributed by atoms with Gasteiger partial charge in [-0.25, -0.2) is 0 Å². The first kappa shape index (κ1) is 11.9. The zero-order chi connectivity index (χ0) is 10.8. The van der Waals surface area contributed by atoms with E-state index < -0.39 is 12.8 Å². The molecular formula is C10H14Cl2OSi. The second-order valence-electron chi connectivity index (χ2n) is 3.77. The van der Waals surface area contributed by atoms with Crippen LogP contribution in [-0.2, 0) is 0 Å². The number of aryl methyl sites for hydroxylation is 1. The molecule has 0 spiro atoms. The van der Waals surface area contributed by atoms with E-state index in [1.165, 1.54) is 0 Å². The van der Waals surface area contributed by atoms with Crippen LogP contribution in [0, 0.1) is 6.92 Å². The van der Waals surface area contributed by atoms with E-state index in [4.69, 9.17) is 27.6 Å². The molecule has 0 aliphatic rings. The first-order valence-electron chi connectivity index (χ1n) is 4.46. The Morgan fingerprint density at radius 3 is 2.29 bits per heavy atom. The van der Waals surface area contributed by atoms with Gasteiger partial charge < -0.3 is 4.43 Å². The lowest BCUT2D eigenvalue weighted by molar-refractivity contribution is 0.548. The molecule has 0 atom stereocenters. The summed E-state index contributed by atoms with van der Waals surface area (Å²) in [4.78, 5) is 0. The molecule has 1 nitrogen and oxygen atoms in total. The molecule has 0 bridgehead atoms. The van der Waals surface area contributed by atoms with Gasteiger partial charge in [0.15, 0.2) is 0 Å². The molecule has 0 saturated carbocycles. The molecule has 0 fully saturated rings. The van der Waals surface area contributed by atoms with Crippen LogP contribution in [0.25, 0.3) is 0 Å². The molecular weight excluding hydrogens is 235 g/mol. The lowest BCUT2D eigenvalue weighted by atomic mass is 10.2. The Hall–Kier alpha value is -0.183. The van der Waals surface area contributed by atoms with Crippen molar-refractivity contribution < 1.29 is 4.43 Å². The molecule has 0 saturated heterocycles. The van der Waals surface area contributed by atoms with Gasteiger partial charge in [-0.05, 0) is 31.6 Å². The topological polar surface area (TPSA) is 9.23 Å². The number of para-hydroxylation sites is 1. The van der Waals surface area contributed by atoms with Gasteiger partial charge in [-0.2, -0.15) is 0 Å². The standard InChI is InChI=1S/C10H14Cl2OSi/c1-8-6-4-5-7-9(8)13-14(2,3)10(11)12/h4-7,10H,1-3H3. The maximum atomic E-state index is 5.87. The van der Waals surface area contributed by atoms with E-state index in [-0.39, 0.29) is 0 Å². The fourth-order valence-corrected chi connectivity index (χ4v) is 2.15. The SMILES string of the molecule is Cc1ccccc1O[Si](C)(C)C(Cl)Cl. The number of halogens is 2. The van der Waals surface area contributed by atoms with Crippen molar-refractivity contribution in [2.45, 2.75) is 24.5 Å². The van der Waals surface area contributed by atoms with Gasteiger partial charge in [0.2, 0.25) is 0 Å². The van der Waals surface area contributed by atoms with E-state index in [1.54, 1.807) is 0 Å². The predicted molar refractivity (Wildman–Crippen MR) is 64.8 cm³/mol. The Morgan fingerprint density at radius 1 is 1.21 bits per heavy atom. The van der Waals surface area contributed by atoms with E-state index >= 15 is 0 Å². The lowest BCUT2D eigenvalue weighted by Crippen LogP contribution is -2.42. The van der Waals surface area contributed by atoms with Gasteiger partial charge in [0, 0.05) is 0 Å². The van der Waals surface area contributed by atoms with Gasteiger partial charge in [0.05, 0.1) is 0 Å². The quantitative estimate of drug-likeness (QED) is 0.582. The maximum absolute atomic E-state index is 5.87. The zero-order valence-electron chi connectivity index (χ0n) is 8.55. The van der Waals surface area contributed by atoms with Crippen molar-refractivity contribution in [1.29, 1.82) is 0 Å². The number of rotatable bonds is 3. The number of benzene rings is 1. The summed E-state index contributed by atoms with van der Waals surface area (Å²) in [6, 6.07) is 7.89. The Labute approximate surface area is 96.1 Å². The summed E-state index contributed by atoms with van der Waals surface area (Å²) < 4.78 is 5.45. The molecule has 0 aliphatic heterocycles. The first-order valence-corrected chi connectivity index (χ1v) is 8.32. The Balaban J connectivity index is 2.84. The predicted octanol–water partition coefficient (Wildman–Crippen LogP) is 3.92. The summed E-state index contributed by atoms with van der Waals surface area (Å²) >= 11 is 11.7. The van der Waals surface area contributed by atoms with Crippen LogP contribution in [0.3, 0.4) is 0 Å². The van der Waals surface area contributed by atoms with E-state index in [0.717, 1.165) is 11.3 Å². The maximum Gasteiger partial charge on any atom is 0.277 e. The summed E-state index contributed by atoms with van der Waals surface area (Å²) in [5.41, 5.74) is 1.11. The van der Waals surface area contributed by atoms with Crippen LogP contribution < -0.4 is 4.43 Å². The van der Waals surface area contributed by atoms with Gasteiger partial charge in [-0.15, -0.1) is 23.2 Å². The molecule has 1 aromatic rings. The van der Waals surface area contributed by atoms with Crippen LogP contribution in [0.15, 0.2) is 24.3 Å².